The van der Waals surface area contributed by atoms with Gasteiger partial charge in [-0.1, -0.05) is 17.8 Å². The maximum atomic E-state index is 12.7. The molecule has 1 aromatic heterocycles. The van der Waals surface area contributed by atoms with Crippen molar-refractivity contribution in [3.63, 3.8) is 0 Å². The number of halogens is 3. The van der Waals surface area contributed by atoms with Gasteiger partial charge in [-0.05, 0) is 32.9 Å². The summed E-state index contributed by atoms with van der Waals surface area (Å²) in [7, 11) is 0. The van der Waals surface area contributed by atoms with Gasteiger partial charge in [-0.3, -0.25) is 9.69 Å². The molecule has 1 aliphatic rings. The van der Waals surface area contributed by atoms with Crippen LogP contribution in [0.25, 0.3) is 0 Å². The lowest BCUT2D eigenvalue weighted by Gasteiger charge is -2.21. The van der Waals surface area contributed by atoms with Crippen molar-refractivity contribution in [1.82, 2.24) is 10.3 Å². The minimum Gasteiger partial charge on any atom is -0.425 e. The molecule has 132 valence electrons. The molecule has 24 heavy (non-hydrogen) atoms. The van der Waals surface area contributed by atoms with Crippen LogP contribution in [-0.2, 0) is 15.7 Å². The number of alkyl carbamates (subject to hydrolysis) is 1. The van der Waals surface area contributed by atoms with Crippen LogP contribution in [0.5, 0.6) is 0 Å². The summed E-state index contributed by atoms with van der Waals surface area (Å²) in [5.74, 6) is -0.721. The molecule has 10 heteroatoms. The number of hydrogen-bond donors (Lipinski definition) is 1. The first kappa shape index (κ1) is 18.4. The average molecular weight is 363 g/mol. The van der Waals surface area contributed by atoms with Crippen molar-refractivity contribution in [2.24, 2.45) is 0 Å². The fourth-order valence-electron chi connectivity index (χ4n) is 1.83. The van der Waals surface area contributed by atoms with Gasteiger partial charge in [0.2, 0.25) is 5.44 Å². The van der Waals surface area contributed by atoms with Crippen molar-refractivity contribution >= 4 is 29.6 Å². The van der Waals surface area contributed by atoms with Crippen molar-refractivity contribution in [3.8, 4) is 0 Å². The van der Waals surface area contributed by atoms with Crippen molar-refractivity contribution < 1.29 is 27.5 Å². The van der Waals surface area contributed by atoms with E-state index in [0.717, 1.165) is 22.7 Å². The molecule has 1 atom stereocenters. The molecule has 0 saturated carbocycles. The second kappa shape index (κ2) is 6.50. The van der Waals surface area contributed by atoms with E-state index >= 15 is 0 Å². The van der Waals surface area contributed by atoms with Crippen LogP contribution in [0.4, 0.5) is 23.8 Å². The highest BCUT2D eigenvalue weighted by Gasteiger charge is 2.39. The fraction of sp³-hybridized carbons (Fsp3) is 0.500. The molecule has 0 aromatic carbocycles. The maximum Gasteiger partial charge on any atom is 0.433 e. The summed E-state index contributed by atoms with van der Waals surface area (Å²) in [5, 5.41) is 2.54. The first-order valence-corrected chi connectivity index (χ1v) is 7.98. The maximum absolute atomic E-state index is 12.7. The molecular weight excluding hydrogens is 347 g/mol. The number of rotatable bonds is 2. The van der Waals surface area contributed by atoms with Crippen molar-refractivity contribution in [2.75, 3.05) is 10.8 Å². The van der Waals surface area contributed by atoms with Crippen LogP contribution in [0, 0.1) is 0 Å². The van der Waals surface area contributed by atoms with Crippen LogP contribution in [0.1, 0.15) is 26.5 Å². The minimum absolute atomic E-state index is 0.0423. The summed E-state index contributed by atoms with van der Waals surface area (Å²) in [6, 6.07) is 3.29. The SMILES string of the molecule is CC(C)(C)NC(=O)OC1SCN(c2cccc(C(F)(F)F)n2)C1=O. The Balaban J connectivity index is 2.08. The Hall–Kier alpha value is -1.97. The second-order valence-corrected chi connectivity index (χ2v) is 7.07. The van der Waals surface area contributed by atoms with E-state index in [2.05, 4.69) is 10.3 Å². The fourth-order valence-corrected chi connectivity index (χ4v) is 2.80. The highest BCUT2D eigenvalue weighted by Crippen LogP contribution is 2.32. The van der Waals surface area contributed by atoms with Crippen LogP contribution in [0.2, 0.25) is 0 Å². The van der Waals surface area contributed by atoms with Crippen LogP contribution in [-0.4, -0.2) is 33.8 Å². The summed E-state index contributed by atoms with van der Waals surface area (Å²) in [4.78, 5) is 28.5. The Morgan fingerprint density at radius 3 is 2.62 bits per heavy atom. The third kappa shape index (κ3) is 4.53. The van der Waals surface area contributed by atoms with Gasteiger partial charge in [0.05, 0.1) is 5.88 Å². The first-order valence-electron chi connectivity index (χ1n) is 6.93. The van der Waals surface area contributed by atoms with E-state index < -0.39 is 34.8 Å². The van der Waals surface area contributed by atoms with Gasteiger partial charge < -0.3 is 10.1 Å². The number of thioether (sulfide) groups is 1. The monoisotopic (exact) mass is 363 g/mol. The standard InChI is InChI=1S/C14H16F3N3O3S/c1-13(2,3)19-12(22)23-11-10(21)20(7-24-11)9-6-4-5-8(18-9)14(15,16)17/h4-6,11H,7H2,1-3H3,(H,19,22). The van der Waals surface area contributed by atoms with Crippen molar-refractivity contribution in [2.45, 2.75) is 37.9 Å². The molecule has 0 bridgehead atoms. The minimum atomic E-state index is -4.60. The van der Waals surface area contributed by atoms with E-state index in [9.17, 15) is 22.8 Å². The molecule has 0 radical (unpaired) electrons. The molecule has 1 unspecified atom stereocenters. The van der Waals surface area contributed by atoms with Crippen LogP contribution < -0.4 is 10.2 Å². The van der Waals surface area contributed by atoms with E-state index in [1.165, 1.54) is 12.1 Å². The molecule has 1 aromatic rings. The summed E-state index contributed by atoms with van der Waals surface area (Å²) in [6.45, 7) is 5.24. The van der Waals surface area contributed by atoms with Gasteiger partial charge in [0.15, 0.2) is 0 Å². The number of pyridine rings is 1. The number of nitrogens with zero attached hydrogens (tertiary/aromatic N) is 2. The molecule has 1 N–H and O–H groups in total. The quantitative estimate of drug-likeness (QED) is 0.875. The summed E-state index contributed by atoms with van der Waals surface area (Å²) < 4.78 is 43.1. The number of amides is 2. The molecule has 6 nitrogen and oxygen atoms in total. The number of ether oxygens (including phenoxy) is 1. The molecule has 0 aliphatic carbocycles. The summed E-state index contributed by atoms with van der Waals surface area (Å²) >= 11 is 0.993. The predicted molar refractivity (Wildman–Crippen MR) is 82.3 cm³/mol. The molecule has 2 amide bonds. The summed E-state index contributed by atoms with van der Waals surface area (Å²) in [6.07, 6.45) is -5.37. The first-order chi connectivity index (χ1) is 11.0. The zero-order chi connectivity index (χ0) is 18.1. The lowest BCUT2D eigenvalue weighted by atomic mass is 10.1. The molecule has 1 aliphatic heterocycles. The second-order valence-electron chi connectivity index (χ2n) is 6.05. The molecule has 1 saturated heterocycles. The van der Waals surface area contributed by atoms with Gasteiger partial charge >= 0.3 is 12.3 Å². The highest BCUT2D eigenvalue weighted by molar-refractivity contribution is 8.01. The number of carbonyl (C=O) groups excluding carboxylic acids is 2. The van der Waals surface area contributed by atoms with E-state index in [4.69, 9.17) is 4.74 Å². The number of hydrogen-bond acceptors (Lipinski definition) is 5. The van der Waals surface area contributed by atoms with Crippen LogP contribution in [0.15, 0.2) is 18.2 Å². The lowest BCUT2D eigenvalue weighted by molar-refractivity contribution is -0.141. The van der Waals surface area contributed by atoms with Crippen LogP contribution >= 0.6 is 11.8 Å². The highest BCUT2D eigenvalue weighted by atomic mass is 32.2. The Bertz CT molecular complexity index is 646. The van der Waals surface area contributed by atoms with Gasteiger partial charge in [0.25, 0.3) is 5.91 Å². The Morgan fingerprint density at radius 2 is 2.04 bits per heavy atom. The van der Waals surface area contributed by atoms with E-state index in [0.29, 0.717) is 0 Å². The Morgan fingerprint density at radius 1 is 1.38 bits per heavy atom. The van der Waals surface area contributed by atoms with E-state index in [1.807, 2.05) is 0 Å². The largest absolute Gasteiger partial charge is 0.433 e. The van der Waals surface area contributed by atoms with Gasteiger partial charge in [0, 0.05) is 5.54 Å². The third-order valence-electron chi connectivity index (χ3n) is 2.82. The lowest BCUT2D eigenvalue weighted by Crippen LogP contribution is -2.43. The zero-order valence-corrected chi connectivity index (χ0v) is 14.0. The third-order valence-corrected chi connectivity index (χ3v) is 3.82. The number of carbonyl (C=O) groups is 2. The Labute approximate surface area is 140 Å². The molecule has 2 rings (SSSR count). The topological polar surface area (TPSA) is 71.5 Å². The van der Waals surface area contributed by atoms with Crippen molar-refractivity contribution in [3.05, 3.63) is 23.9 Å². The van der Waals surface area contributed by atoms with Gasteiger partial charge in [-0.25, -0.2) is 9.78 Å². The molecule has 0 spiro atoms. The number of anilines is 1. The number of nitrogens with one attached hydrogen (secondary N) is 1. The smallest absolute Gasteiger partial charge is 0.425 e. The Kier molecular flexibility index (Phi) is 4.97. The molecule has 2 heterocycles. The van der Waals surface area contributed by atoms with E-state index in [1.54, 1.807) is 20.8 Å². The predicted octanol–water partition coefficient (Wildman–Crippen LogP) is 2.99. The number of alkyl halides is 3. The van der Waals surface area contributed by atoms with Gasteiger partial charge in [0.1, 0.15) is 11.5 Å². The van der Waals surface area contributed by atoms with Crippen LogP contribution in [0.3, 0.4) is 0 Å². The average Bonchev–Trinajstić information content (AvgIpc) is 2.77. The van der Waals surface area contributed by atoms with Crippen molar-refractivity contribution in [1.29, 1.82) is 0 Å². The zero-order valence-electron chi connectivity index (χ0n) is 13.2. The number of aromatic nitrogens is 1. The summed E-state index contributed by atoms with van der Waals surface area (Å²) in [5.41, 5.74) is -2.75. The van der Waals surface area contributed by atoms with Gasteiger partial charge in [-0.15, -0.1) is 0 Å². The van der Waals surface area contributed by atoms with E-state index in [-0.39, 0.29) is 11.7 Å². The molecular formula is C14H16F3N3O3S. The molecule has 1 fully saturated rings. The normalized spacial score (nSPS) is 18.7. The van der Waals surface area contributed by atoms with Gasteiger partial charge in [-0.2, -0.15) is 13.2 Å².